The lowest BCUT2D eigenvalue weighted by Gasteiger charge is -2.37. The first kappa shape index (κ1) is 19.1. The largest absolute Gasteiger partial charge is 0.375 e. The third-order valence-corrected chi connectivity index (χ3v) is 5.22. The second kappa shape index (κ2) is 9.83. The Balaban J connectivity index is 1.49. The molecule has 1 aliphatic heterocycles. The molecular weight excluding hydrogens is 324 g/mol. The highest BCUT2D eigenvalue weighted by Crippen LogP contribution is 2.21. The molecule has 0 amide bonds. The molecule has 0 spiro atoms. The number of rotatable bonds is 8. The van der Waals surface area contributed by atoms with Crippen LogP contribution in [0.1, 0.15) is 23.3 Å². The summed E-state index contributed by atoms with van der Waals surface area (Å²) in [5.74, 6) is 0. The standard InChI is InChI=1S/C22H30N2O2/c1-25-21(19-9-5-3-6-10-19)17-23-13-15-24(16-14-23)18-22(26-2)20-11-7-4-8-12-20/h3-12,21-22H,13-18H2,1-2H3. The molecule has 1 fully saturated rings. The Morgan fingerprint density at radius 3 is 1.31 bits per heavy atom. The van der Waals surface area contributed by atoms with E-state index in [1.807, 2.05) is 12.1 Å². The average molecular weight is 354 g/mol. The predicted octanol–water partition coefficient (Wildman–Crippen LogP) is 3.38. The summed E-state index contributed by atoms with van der Waals surface area (Å²) >= 11 is 0. The van der Waals surface area contributed by atoms with E-state index in [0.717, 1.165) is 39.3 Å². The van der Waals surface area contributed by atoms with Crippen LogP contribution in [0.25, 0.3) is 0 Å². The lowest BCUT2D eigenvalue weighted by molar-refractivity contribution is 0.0196. The van der Waals surface area contributed by atoms with Crippen LogP contribution in [0.3, 0.4) is 0 Å². The minimum absolute atomic E-state index is 0.138. The molecule has 4 heteroatoms. The minimum atomic E-state index is 0.138. The summed E-state index contributed by atoms with van der Waals surface area (Å²) in [4.78, 5) is 5.00. The smallest absolute Gasteiger partial charge is 0.0947 e. The Morgan fingerprint density at radius 2 is 1.00 bits per heavy atom. The van der Waals surface area contributed by atoms with E-state index in [0.29, 0.717) is 0 Å². The van der Waals surface area contributed by atoms with Gasteiger partial charge in [-0.05, 0) is 11.1 Å². The van der Waals surface area contributed by atoms with Gasteiger partial charge in [0.15, 0.2) is 0 Å². The quantitative estimate of drug-likeness (QED) is 0.726. The zero-order valence-corrected chi connectivity index (χ0v) is 15.9. The highest BCUT2D eigenvalue weighted by molar-refractivity contribution is 5.19. The van der Waals surface area contributed by atoms with Crippen LogP contribution in [0, 0.1) is 0 Å². The molecule has 0 N–H and O–H groups in total. The van der Waals surface area contributed by atoms with Crippen molar-refractivity contribution in [1.82, 2.24) is 9.80 Å². The Labute approximate surface area is 157 Å². The Hall–Kier alpha value is -1.72. The van der Waals surface area contributed by atoms with E-state index in [1.165, 1.54) is 11.1 Å². The van der Waals surface area contributed by atoms with Gasteiger partial charge in [0, 0.05) is 53.5 Å². The van der Waals surface area contributed by atoms with Crippen LogP contribution < -0.4 is 0 Å². The summed E-state index contributed by atoms with van der Waals surface area (Å²) in [6, 6.07) is 21.0. The molecule has 2 unspecified atom stereocenters. The van der Waals surface area contributed by atoms with Gasteiger partial charge in [-0.1, -0.05) is 60.7 Å². The number of hydrogen-bond donors (Lipinski definition) is 0. The Kier molecular flexibility index (Phi) is 7.21. The predicted molar refractivity (Wildman–Crippen MR) is 105 cm³/mol. The van der Waals surface area contributed by atoms with Crippen LogP contribution in [-0.2, 0) is 9.47 Å². The summed E-state index contributed by atoms with van der Waals surface area (Å²) in [5, 5.41) is 0. The highest BCUT2D eigenvalue weighted by Gasteiger charge is 2.23. The topological polar surface area (TPSA) is 24.9 Å². The fraction of sp³-hybridized carbons (Fsp3) is 0.455. The highest BCUT2D eigenvalue weighted by atomic mass is 16.5. The molecule has 140 valence electrons. The molecule has 3 rings (SSSR count). The molecule has 0 aromatic heterocycles. The molecular formula is C22H30N2O2. The molecule has 2 atom stereocenters. The van der Waals surface area contributed by atoms with Gasteiger partial charge in [-0.2, -0.15) is 0 Å². The molecule has 2 aromatic rings. The summed E-state index contributed by atoms with van der Waals surface area (Å²) in [7, 11) is 3.61. The second-order valence-corrected chi connectivity index (χ2v) is 6.87. The number of methoxy groups -OCH3 is 2. The van der Waals surface area contributed by atoms with Crippen molar-refractivity contribution in [1.29, 1.82) is 0 Å². The number of benzene rings is 2. The molecule has 2 aromatic carbocycles. The van der Waals surface area contributed by atoms with Gasteiger partial charge in [0.05, 0.1) is 12.2 Å². The Bertz CT molecular complexity index is 570. The number of nitrogens with zero attached hydrogens (tertiary/aromatic N) is 2. The van der Waals surface area contributed by atoms with Crippen LogP contribution in [0.2, 0.25) is 0 Å². The molecule has 0 aliphatic carbocycles. The zero-order valence-electron chi connectivity index (χ0n) is 15.9. The molecule has 26 heavy (non-hydrogen) atoms. The van der Waals surface area contributed by atoms with Gasteiger partial charge in [0.2, 0.25) is 0 Å². The van der Waals surface area contributed by atoms with E-state index in [1.54, 1.807) is 14.2 Å². The molecule has 0 radical (unpaired) electrons. The van der Waals surface area contributed by atoms with E-state index >= 15 is 0 Å². The number of piperazine rings is 1. The van der Waals surface area contributed by atoms with E-state index in [4.69, 9.17) is 9.47 Å². The van der Waals surface area contributed by atoms with Crippen LogP contribution >= 0.6 is 0 Å². The monoisotopic (exact) mass is 354 g/mol. The number of hydrogen-bond acceptors (Lipinski definition) is 4. The third-order valence-electron chi connectivity index (χ3n) is 5.22. The van der Waals surface area contributed by atoms with Gasteiger partial charge in [-0.3, -0.25) is 9.80 Å². The van der Waals surface area contributed by atoms with E-state index in [-0.39, 0.29) is 12.2 Å². The molecule has 1 heterocycles. The lowest BCUT2D eigenvalue weighted by Crippen LogP contribution is -2.48. The van der Waals surface area contributed by atoms with Crippen molar-refractivity contribution in [2.45, 2.75) is 12.2 Å². The Morgan fingerprint density at radius 1 is 0.654 bits per heavy atom. The summed E-state index contributed by atoms with van der Waals surface area (Å²) < 4.78 is 11.5. The summed E-state index contributed by atoms with van der Waals surface area (Å²) in [6.07, 6.45) is 0.276. The zero-order chi connectivity index (χ0) is 18.2. The van der Waals surface area contributed by atoms with Crippen molar-refractivity contribution in [2.24, 2.45) is 0 Å². The van der Waals surface area contributed by atoms with E-state index in [2.05, 4.69) is 58.3 Å². The molecule has 0 saturated carbocycles. The van der Waals surface area contributed by atoms with Gasteiger partial charge >= 0.3 is 0 Å². The first-order valence-corrected chi connectivity index (χ1v) is 9.40. The van der Waals surface area contributed by atoms with Crippen LogP contribution in [0.5, 0.6) is 0 Å². The van der Waals surface area contributed by atoms with E-state index in [9.17, 15) is 0 Å². The normalized spacial score (nSPS) is 18.5. The van der Waals surface area contributed by atoms with Crippen molar-refractivity contribution < 1.29 is 9.47 Å². The fourth-order valence-corrected chi connectivity index (χ4v) is 3.59. The van der Waals surface area contributed by atoms with Crippen LogP contribution in [-0.4, -0.2) is 63.3 Å². The number of ether oxygens (including phenoxy) is 2. The first-order chi connectivity index (χ1) is 12.8. The van der Waals surface area contributed by atoms with Crippen molar-refractivity contribution in [2.75, 3.05) is 53.5 Å². The second-order valence-electron chi connectivity index (χ2n) is 6.87. The van der Waals surface area contributed by atoms with Crippen molar-refractivity contribution in [3.8, 4) is 0 Å². The molecule has 4 nitrogen and oxygen atoms in total. The van der Waals surface area contributed by atoms with Gasteiger partial charge in [0.25, 0.3) is 0 Å². The van der Waals surface area contributed by atoms with E-state index < -0.39 is 0 Å². The minimum Gasteiger partial charge on any atom is -0.375 e. The van der Waals surface area contributed by atoms with Gasteiger partial charge in [-0.15, -0.1) is 0 Å². The lowest BCUT2D eigenvalue weighted by atomic mass is 10.1. The van der Waals surface area contributed by atoms with Crippen molar-refractivity contribution >= 4 is 0 Å². The summed E-state index contributed by atoms with van der Waals surface area (Å²) in [5.41, 5.74) is 2.50. The van der Waals surface area contributed by atoms with Crippen molar-refractivity contribution in [3.05, 3.63) is 71.8 Å². The molecule has 0 bridgehead atoms. The van der Waals surface area contributed by atoms with Gasteiger partial charge in [-0.25, -0.2) is 0 Å². The summed E-state index contributed by atoms with van der Waals surface area (Å²) in [6.45, 7) is 6.16. The maximum absolute atomic E-state index is 5.73. The van der Waals surface area contributed by atoms with Crippen LogP contribution in [0.15, 0.2) is 60.7 Å². The van der Waals surface area contributed by atoms with Crippen LogP contribution in [0.4, 0.5) is 0 Å². The maximum Gasteiger partial charge on any atom is 0.0947 e. The van der Waals surface area contributed by atoms with Gasteiger partial charge < -0.3 is 9.47 Å². The first-order valence-electron chi connectivity index (χ1n) is 9.40. The SMILES string of the molecule is COC(CN1CCN(CC(OC)c2ccccc2)CC1)c1ccccc1. The molecule has 1 aliphatic rings. The van der Waals surface area contributed by atoms with Crippen molar-refractivity contribution in [3.63, 3.8) is 0 Å². The van der Waals surface area contributed by atoms with Gasteiger partial charge in [0.1, 0.15) is 0 Å². The fourth-order valence-electron chi connectivity index (χ4n) is 3.59. The maximum atomic E-state index is 5.73. The average Bonchev–Trinajstić information content (AvgIpc) is 2.72. The third kappa shape index (κ3) is 5.15. The molecule has 1 saturated heterocycles.